The van der Waals surface area contributed by atoms with E-state index in [2.05, 4.69) is 43.1 Å². The van der Waals surface area contributed by atoms with Gasteiger partial charge in [-0.3, -0.25) is 0 Å². The summed E-state index contributed by atoms with van der Waals surface area (Å²) in [7, 11) is 0. The number of anilines is 1. The van der Waals surface area contributed by atoms with Gasteiger partial charge in [0.25, 0.3) is 0 Å². The van der Waals surface area contributed by atoms with Gasteiger partial charge in [-0.15, -0.1) is 0 Å². The molecule has 0 aromatic heterocycles. The third kappa shape index (κ3) is 2.63. The Hall–Kier alpha value is -1.42. The van der Waals surface area contributed by atoms with Gasteiger partial charge in [0.2, 0.25) is 0 Å². The Morgan fingerprint density at radius 1 is 1.21 bits per heavy atom. The fraction of sp³-hybridized carbons (Fsp3) is 0.600. The molecule has 1 fully saturated rings. The van der Waals surface area contributed by atoms with Crippen LogP contribution in [-0.2, 0) is 0 Å². The highest BCUT2D eigenvalue weighted by molar-refractivity contribution is 5.57. The van der Waals surface area contributed by atoms with E-state index in [9.17, 15) is 0 Å². The number of ether oxygens (including phenoxy) is 2. The summed E-state index contributed by atoms with van der Waals surface area (Å²) in [6.45, 7) is 10.0. The van der Waals surface area contributed by atoms with E-state index in [1.165, 1.54) is 5.69 Å². The molecule has 4 heteroatoms. The average Bonchev–Trinajstić information content (AvgIpc) is 2.36. The topological polar surface area (TPSA) is 33.7 Å². The van der Waals surface area contributed by atoms with Crippen LogP contribution in [0.2, 0.25) is 0 Å². The monoisotopic (exact) mass is 262 g/mol. The maximum absolute atomic E-state index is 5.67. The fourth-order valence-electron chi connectivity index (χ4n) is 3.06. The van der Waals surface area contributed by atoms with Crippen molar-refractivity contribution in [3.63, 3.8) is 0 Å². The van der Waals surface area contributed by atoms with Crippen molar-refractivity contribution in [3.05, 3.63) is 18.2 Å². The van der Waals surface area contributed by atoms with E-state index in [-0.39, 0.29) is 5.54 Å². The fourth-order valence-corrected chi connectivity index (χ4v) is 3.06. The first-order valence-corrected chi connectivity index (χ1v) is 6.96. The number of nitrogens with zero attached hydrogens (tertiary/aromatic N) is 1. The van der Waals surface area contributed by atoms with Gasteiger partial charge in [-0.1, -0.05) is 0 Å². The lowest BCUT2D eigenvalue weighted by molar-refractivity contribution is 0.171. The highest BCUT2D eigenvalue weighted by Crippen LogP contribution is 2.35. The van der Waals surface area contributed by atoms with E-state index < -0.39 is 0 Å². The van der Waals surface area contributed by atoms with Crippen molar-refractivity contribution in [1.29, 1.82) is 0 Å². The summed E-state index contributed by atoms with van der Waals surface area (Å²) in [5, 5.41) is 3.62. The first kappa shape index (κ1) is 12.6. The van der Waals surface area contributed by atoms with Gasteiger partial charge in [-0.2, -0.15) is 0 Å². The molecule has 19 heavy (non-hydrogen) atoms. The van der Waals surface area contributed by atoms with Gasteiger partial charge in [-0.25, -0.2) is 0 Å². The Labute approximate surface area is 114 Å². The van der Waals surface area contributed by atoms with Crippen LogP contribution in [-0.4, -0.2) is 37.9 Å². The predicted molar refractivity (Wildman–Crippen MR) is 76.3 cm³/mol. The molecule has 2 heterocycles. The number of hydrogen-bond donors (Lipinski definition) is 1. The number of hydrogen-bond acceptors (Lipinski definition) is 4. The Morgan fingerprint density at radius 3 is 2.68 bits per heavy atom. The molecule has 3 rings (SSSR count). The van der Waals surface area contributed by atoms with Crippen molar-refractivity contribution in [3.8, 4) is 11.5 Å². The van der Waals surface area contributed by atoms with Gasteiger partial charge < -0.3 is 19.7 Å². The molecule has 2 aliphatic rings. The first-order valence-electron chi connectivity index (χ1n) is 6.96. The van der Waals surface area contributed by atoms with E-state index >= 15 is 0 Å². The van der Waals surface area contributed by atoms with E-state index in [0.29, 0.717) is 19.3 Å². The Morgan fingerprint density at radius 2 is 1.95 bits per heavy atom. The summed E-state index contributed by atoms with van der Waals surface area (Å²) in [5.74, 6) is 1.73. The zero-order chi connectivity index (χ0) is 13.5. The predicted octanol–water partition coefficient (Wildman–Crippen LogP) is 2.03. The number of piperazine rings is 1. The van der Waals surface area contributed by atoms with Crippen LogP contribution in [0.25, 0.3) is 0 Å². The molecule has 1 aromatic carbocycles. The first-order chi connectivity index (χ1) is 9.03. The summed E-state index contributed by atoms with van der Waals surface area (Å²) in [6.07, 6.45) is 0. The molecule has 0 spiro atoms. The summed E-state index contributed by atoms with van der Waals surface area (Å²) in [4.78, 5) is 2.42. The molecule has 1 atom stereocenters. The lowest BCUT2D eigenvalue weighted by Crippen LogP contribution is -2.61. The van der Waals surface area contributed by atoms with Crippen molar-refractivity contribution in [1.82, 2.24) is 5.32 Å². The molecular weight excluding hydrogens is 240 g/mol. The number of rotatable bonds is 1. The molecule has 1 N–H and O–H groups in total. The molecular formula is C15H22N2O2. The van der Waals surface area contributed by atoms with Gasteiger partial charge in [0, 0.05) is 36.4 Å². The molecule has 1 unspecified atom stereocenters. The minimum atomic E-state index is 0.130. The minimum Gasteiger partial charge on any atom is -0.486 e. The second-order valence-electron chi connectivity index (χ2n) is 6.14. The summed E-state index contributed by atoms with van der Waals surface area (Å²) in [6, 6.07) is 6.73. The van der Waals surface area contributed by atoms with E-state index in [4.69, 9.17) is 9.47 Å². The molecule has 0 aliphatic carbocycles. The normalized spacial score (nSPS) is 25.2. The average molecular weight is 262 g/mol. The maximum Gasteiger partial charge on any atom is 0.163 e. The zero-order valence-electron chi connectivity index (χ0n) is 11.9. The minimum absolute atomic E-state index is 0.130. The van der Waals surface area contributed by atoms with Gasteiger partial charge in [0.05, 0.1) is 0 Å². The van der Waals surface area contributed by atoms with Crippen LogP contribution in [0, 0.1) is 0 Å². The molecule has 1 saturated heterocycles. The number of fused-ring (bicyclic) bond motifs is 1. The molecule has 0 saturated carbocycles. The smallest absolute Gasteiger partial charge is 0.163 e. The lowest BCUT2D eigenvalue weighted by atomic mass is 9.98. The van der Waals surface area contributed by atoms with Crippen LogP contribution >= 0.6 is 0 Å². The lowest BCUT2D eigenvalue weighted by Gasteiger charge is -2.44. The molecule has 0 amide bonds. The highest BCUT2D eigenvalue weighted by Gasteiger charge is 2.30. The molecule has 2 aliphatic heterocycles. The van der Waals surface area contributed by atoms with Crippen molar-refractivity contribution in [2.24, 2.45) is 0 Å². The van der Waals surface area contributed by atoms with Crippen LogP contribution in [0.3, 0.4) is 0 Å². The standard InChI is InChI=1S/C15H22N2O2/c1-11-9-17(10-15(2,3)16-11)12-4-5-13-14(8-12)19-7-6-18-13/h4-5,8,11,16H,6-7,9-10H2,1-3H3. The van der Waals surface area contributed by atoms with E-state index in [1.54, 1.807) is 0 Å². The SMILES string of the molecule is CC1CN(c2ccc3c(c2)OCCO3)CC(C)(C)N1. The largest absolute Gasteiger partial charge is 0.486 e. The zero-order valence-corrected chi connectivity index (χ0v) is 11.9. The molecule has 0 bridgehead atoms. The van der Waals surface area contributed by atoms with E-state index in [1.807, 2.05) is 6.07 Å². The van der Waals surface area contributed by atoms with Crippen molar-refractivity contribution < 1.29 is 9.47 Å². The van der Waals surface area contributed by atoms with E-state index in [0.717, 1.165) is 24.6 Å². The quantitative estimate of drug-likeness (QED) is 0.839. The number of nitrogens with one attached hydrogen (secondary N) is 1. The van der Waals surface area contributed by atoms with Crippen molar-refractivity contribution >= 4 is 5.69 Å². The third-order valence-corrected chi connectivity index (χ3v) is 3.61. The maximum atomic E-state index is 5.67. The molecule has 104 valence electrons. The highest BCUT2D eigenvalue weighted by atomic mass is 16.6. The number of benzene rings is 1. The van der Waals surface area contributed by atoms with Crippen LogP contribution < -0.4 is 19.7 Å². The second-order valence-corrected chi connectivity index (χ2v) is 6.14. The van der Waals surface area contributed by atoms with Crippen LogP contribution in [0.1, 0.15) is 20.8 Å². The van der Waals surface area contributed by atoms with Gasteiger partial charge >= 0.3 is 0 Å². The summed E-state index contributed by atoms with van der Waals surface area (Å²) in [5.41, 5.74) is 1.34. The molecule has 1 aromatic rings. The second kappa shape index (κ2) is 4.60. The third-order valence-electron chi connectivity index (χ3n) is 3.61. The Bertz CT molecular complexity index is 473. The summed E-state index contributed by atoms with van der Waals surface area (Å²) < 4.78 is 11.2. The van der Waals surface area contributed by atoms with Crippen molar-refractivity contribution in [2.75, 3.05) is 31.2 Å². The van der Waals surface area contributed by atoms with Gasteiger partial charge in [-0.05, 0) is 32.9 Å². The molecule has 0 radical (unpaired) electrons. The Balaban J connectivity index is 1.85. The molecule has 4 nitrogen and oxygen atoms in total. The van der Waals surface area contributed by atoms with Crippen LogP contribution in [0.15, 0.2) is 18.2 Å². The van der Waals surface area contributed by atoms with Gasteiger partial charge in [0.1, 0.15) is 13.2 Å². The summed E-state index contributed by atoms with van der Waals surface area (Å²) >= 11 is 0. The van der Waals surface area contributed by atoms with Crippen molar-refractivity contribution in [2.45, 2.75) is 32.4 Å². The van der Waals surface area contributed by atoms with Crippen LogP contribution in [0.4, 0.5) is 5.69 Å². The van der Waals surface area contributed by atoms with Gasteiger partial charge in [0.15, 0.2) is 11.5 Å². The van der Waals surface area contributed by atoms with Crippen LogP contribution in [0.5, 0.6) is 11.5 Å². The Kier molecular flexibility index (Phi) is 3.05.